The van der Waals surface area contributed by atoms with Crippen LogP contribution in [0.25, 0.3) is 16.9 Å². The van der Waals surface area contributed by atoms with Crippen LogP contribution < -0.4 is 5.32 Å². The van der Waals surface area contributed by atoms with Gasteiger partial charge in [0.2, 0.25) is 5.95 Å². The van der Waals surface area contributed by atoms with Gasteiger partial charge in [0.05, 0.1) is 18.3 Å². The Balaban J connectivity index is 1.43. The third-order valence-corrected chi connectivity index (χ3v) is 5.10. The van der Waals surface area contributed by atoms with Gasteiger partial charge >= 0.3 is 0 Å². The summed E-state index contributed by atoms with van der Waals surface area (Å²) in [4.78, 5) is 13.3. The normalized spacial score (nSPS) is 11.1. The highest BCUT2D eigenvalue weighted by Gasteiger charge is 2.10. The van der Waals surface area contributed by atoms with E-state index in [2.05, 4.69) is 51.5 Å². The topological polar surface area (TPSA) is 98.7 Å². The minimum absolute atomic E-state index is 0.499. The standard InChI is InChI=1S/C20H16BrN9/c1-29-17(4-8-24-29)26-20-23-7-3-16(25-20)13-5-9-30-18(10-13)27-28-19(30)12-15-11-14(21)2-6-22-15/h2-11H,12H2,1H3,(H,23,25,26). The van der Waals surface area contributed by atoms with Gasteiger partial charge < -0.3 is 5.32 Å². The molecule has 1 N–H and O–H groups in total. The number of pyridine rings is 2. The van der Waals surface area contributed by atoms with E-state index < -0.39 is 0 Å². The summed E-state index contributed by atoms with van der Waals surface area (Å²) < 4.78 is 4.67. The molecule has 0 radical (unpaired) electrons. The molecule has 0 fully saturated rings. The highest BCUT2D eigenvalue weighted by atomic mass is 79.9. The number of fused-ring (bicyclic) bond motifs is 1. The van der Waals surface area contributed by atoms with Crippen molar-refractivity contribution in [2.24, 2.45) is 7.05 Å². The van der Waals surface area contributed by atoms with Gasteiger partial charge in [-0.1, -0.05) is 15.9 Å². The Morgan fingerprint density at radius 1 is 1.00 bits per heavy atom. The number of anilines is 2. The number of nitrogens with one attached hydrogen (secondary N) is 1. The highest BCUT2D eigenvalue weighted by Crippen LogP contribution is 2.21. The molecule has 0 aliphatic rings. The first-order valence-electron chi connectivity index (χ1n) is 9.18. The first kappa shape index (κ1) is 18.4. The van der Waals surface area contributed by atoms with Gasteiger partial charge in [-0.05, 0) is 30.3 Å². The second kappa shape index (κ2) is 7.64. The summed E-state index contributed by atoms with van der Waals surface area (Å²) in [6.45, 7) is 0. The van der Waals surface area contributed by atoms with Crippen LogP contribution in [0.1, 0.15) is 11.5 Å². The van der Waals surface area contributed by atoms with Crippen LogP contribution >= 0.6 is 15.9 Å². The van der Waals surface area contributed by atoms with E-state index in [0.29, 0.717) is 12.4 Å². The summed E-state index contributed by atoms with van der Waals surface area (Å²) >= 11 is 3.47. The molecule has 0 atom stereocenters. The molecule has 5 heterocycles. The van der Waals surface area contributed by atoms with Crippen LogP contribution in [0.4, 0.5) is 11.8 Å². The number of halogens is 1. The number of aromatic nitrogens is 8. The maximum Gasteiger partial charge on any atom is 0.228 e. The van der Waals surface area contributed by atoms with Crippen molar-refractivity contribution in [2.75, 3.05) is 5.32 Å². The summed E-state index contributed by atoms with van der Waals surface area (Å²) in [6, 6.07) is 11.6. The predicted molar refractivity (Wildman–Crippen MR) is 115 cm³/mol. The maximum absolute atomic E-state index is 4.61. The zero-order valence-corrected chi connectivity index (χ0v) is 17.5. The van der Waals surface area contributed by atoms with Crippen LogP contribution in [0.5, 0.6) is 0 Å². The molecule has 30 heavy (non-hydrogen) atoms. The van der Waals surface area contributed by atoms with Gasteiger partial charge in [-0.2, -0.15) is 5.10 Å². The lowest BCUT2D eigenvalue weighted by atomic mass is 10.2. The largest absolute Gasteiger partial charge is 0.309 e. The SMILES string of the molecule is Cn1nccc1Nc1nccc(-c2ccn3c(Cc4cc(Br)ccn4)nnc3c2)n1. The summed E-state index contributed by atoms with van der Waals surface area (Å²) in [5.74, 6) is 2.13. The van der Waals surface area contributed by atoms with Gasteiger partial charge in [-0.3, -0.25) is 14.1 Å². The minimum atomic E-state index is 0.499. The van der Waals surface area contributed by atoms with Gasteiger partial charge in [0.1, 0.15) is 11.6 Å². The van der Waals surface area contributed by atoms with E-state index in [4.69, 9.17) is 0 Å². The smallest absolute Gasteiger partial charge is 0.228 e. The Morgan fingerprint density at radius 2 is 1.90 bits per heavy atom. The van der Waals surface area contributed by atoms with Crippen molar-refractivity contribution in [2.45, 2.75) is 6.42 Å². The predicted octanol–water partition coefficient (Wildman–Crippen LogP) is 3.41. The zero-order valence-electron chi connectivity index (χ0n) is 15.9. The van der Waals surface area contributed by atoms with Gasteiger partial charge in [-0.15, -0.1) is 10.2 Å². The second-order valence-electron chi connectivity index (χ2n) is 6.63. The second-order valence-corrected chi connectivity index (χ2v) is 7.55. The van der Waals surface area contributed by atoms with Crippen molar-refractivity contribution in [1.29, 1.82) is 0 Å². The molecule has 0 spiro atoms. The van der Waals surface area contributed by atoms with Crippen molar-refractivity contribution in [3.8, 4) is 11.3 Å². The van der Waals surface area contributed by atoms with Crippen LogP contribution in [-0.2, 0) is 13.5 Å². The molecule has 0 aliphatic heterocycles. The first-order chi connectivity index (χ1) is 14.7. The molecule has 10 heteroatoms. The van der Waals surface area contributed by atoms with E-state index in [1.54, 1.807) is 23.3 Å². The van der Waals surface area contributed by atoms with E-state index in [0.717, 1.165) is 38.7 Å². The fourth-order valence-corrected chi connectivity index (χ4v) is 3.50. The molecule has 9 nitrogen and oxygen atoms in total. The lowest BCUT2D eigenvalue weighted by molar-refractivity contribution is 0.775. The fourth-order valence-electron chi connectivity index (χ4n) is 3.12. The van der Waals surface area contributed by atoms with Gasteiger partial charge in [0.15, 0.2) is 5.65 Å². The van der Waals surface area contributed by atoms with Gasteiger partial charge in [-0.25, -0.2) is 9.97 Å². The van der Waals surface area contributed by atoms with E-state index in [1.807, 2.05) is 54.0 Å². The van der Waals surface area contributed by atoms with Crippen LogP contribution in [0.2, 0.25) is 0 Å². The molecule has 0 amide bonds. The monoisotopic (exact) mass is 461 g/mol. The van der Waals surface area contributed by atoms with E-state index in [-0.39, 0.29) is 0 Å². The van der Waals surface area contributed by atoms with Crippen molar-refractivity contribution in [3.63, 3.8) is 0 Å². The van der Waals surface area contributed by atoms with Gasteiger partial charge in [0.25, 0.3) is 0 Å². The van der Waals surface area contributed by atoms with Crippen molar-refractivity contribution >= 4 is 33.3 Å². The van der Waals surface area contributed by atoms with Crippen molar-refractivity contribution in [3.05, 3.63) is 77.2 Å². The summed E-state index contributed by atoms with van der Waals surface area (Å²) in [7, 11) is 1.85. The molecule has 148 valence electrons. The summed E-state index contributed by atoms with van der Waals surface area (Å²) in [6.07, 6.45) is 7.75. The number of nitrogens with zero attached hydrogens (tertiary/aromatic N) is 8. The number of aryl methyl sites for hydroxylation is 1. The molecule has 5 aromatic rings. The first-order valence-corrected chi connectivity index (χ1v) is 9.97. The van der Waals surface area contributed by atoms with E-state index >= 15 is 0 Å². The van der Waals surface area contributed by atoms with Crippen LogP contribution in [-0.4, -0.2) is 39.3 Å². The fraction of sp³-hybridized carbons (Fsp3) is 0.100. The number of hydrogen-bond acceptors (Lipinski definition) is 7. The molecule has 0 saturated carbocycles. The van der Waals surface area contributed by atoms with Gasteiger partial charge in [0, 0.05) is 47.4 Å². The molecule has 0 aromatic carbocycles. The Morgan fingerprint density at radius 3 is 2.73 bits per heavy atom. The number of hydrogen-bond donors (Lipinski definition) is 1. The molecule has 5 rings (SSSR count). The average Bonchev–Trinajstić information content (AvgIpc) is 3.34. The van der Waals surface area contributed by atoms with Crippen LogP contribution in [0, 0.1) is 0 Å². The molecule has 5 aromatic heterocycles. The zero-order chi connectivity index (χ0) is 20.5. The Hall–Kier alpha value is -3.66. The third kappa shape index (κ3) is 3.64. The molecule has 0 unspecified atom stereocenters. The molecule has 0 bridgehead atoms. The lowest BCUT2D eigenvalue weighted by Gasteiger charge is -2.07. The molecular weight excluding hydrogens is 446 g/mol. The van der Waals surface area contributed by atoms with Crippen LogP contribution in [0.15, 0.2) is 65.7 Å². The Labute approximate surface area is 180 Å². The quantitative estimate of drug-likeness (QED) is 0.428. The summed E-state index contributed by atoms with van der Waals surface area (Å²) in [5, 5.41) is 16.0. The molecule has 0 aliphatic carbocycles. The van der Waals surface area contributed by atoms with Crippen LogP contribution in [0.3, 0.4) is 0 Å². The number of rotatable bonds is 5. The molecular formula is C20H16BrN9. The van der Waals surface area contributed by atoms with Crippen molar-refractivity contribution < 1.29 is 0 Å². The lowest BCUT2D eigenvalue weighted by Crippen LogP contribution is -2.03. The third-order valence-electron chi connectivity index (χ3n) is 4.61. The highest BCUT2D eigenvalue weighted by molar-refractivity contribution is 9.10. The van der Waals surface area contributed by atoms with E-state index in [9.17, 15) is 0 Å². The Kier molecular flexibility index (Phi) is 4.68. The maximum atomic E-state index is 4.61. The van der Waals surface area contributed by atoms with Crippen molar-refractivity contribution in [1.82, 2.24) is 39.3 Å². The molecule has 0 saturated heterocycles. The van der Waals surface area contributed by atoms with E-state index in [1.165, 1.54) is 0 Å². The minimum Gasteiger partial charge on any atom is -0.309 e. The average molecular weight is 462 g/mol. The summed E-state index contributed by atoms with van der Waals surface area (Å²) in [5.41, 5.74) is 3.38. The Bertz CT molecular complexity index is 1340.